The average molecular weight is 412 g/mol. The third-order valence-corrected chi connectivity index (χ3v) is 4.32. The van der Waals surface area contributed by atoms with Gasteiger partial charge in [0.2, 0.25) is 11.2 Å². The van der Waals surface area contributed by atoms with Gasteiger partial charge in [-0.2, -0.15) is 0 Å². The van der Waals surface area contributed by atoms with Crippen molar-refractivity contribution in [2.75, 3.05) is 0 Å². The lowest BCUT2D eigenvalue weighted by Crippen LogP contribution is -2.09. The Hall–Kier alpha value is -3.45. The summed E-state index contributed by atoms with van der Waals surface area (Å²) in [6, 6.07) is 13.5. The Morgan fingerprint density at radius 2 is 1.80 bits per heavy atom. The Balaban J connectivity index is 0.000000343. The van der Waals surface area contributed by atoms with Gasteiger partial charge >= 0.3 is 5.97 Å². The average Bonchev–Trinajstić information content (AvgIpc) is 2.76. The molecule has 0 aliphatic rings. The van der Waals surface area contributed by atoms with Gasteiger partial charge < -0.3 is 19.4 Å². The van der Waals surface area contributed by atoms with E-state index in [2.05, 4.69) is 6.92 Å². The van der Waals surface area contributed by atoms with Gasteiger partial charge in [-0.25, -0.2) is 0 Å². The number of hydrogen-bond donors (Lipinski definition) is 2. The molecule has 0 spiro atoms. The molecule has 7 heteroatoms. The van der Waals surface area contributed by atoms with Crippen LogP contribution < -0.4 is 10.2 Å². The van der Waals surface area contributed by atoms with Crippen LogP contribution in [0.15, 0.2) is 57.7 Å². The molecular weight excluding hydrogens is 388 g/mol. The van der Waals surface area contributed by atoms with Crippen molar-refractivity contribution in [1.29, 1.82) is 0 Å². The molecule has 0 unspecified atom stereocenters. The minimum absolute atomic E-state index is 0.0837. The quantitative estimate of drug-likeness (QED) is 0.422. The first-order chi connectivity index (χ1) is 14.5. The van der Waals surface area contributed by atoms with E-state index in [1.54, 1.807) is 48.5 Å². The number of carbonyl (C=O) groups excluding carboxylic acids is 1. The van der Waals surface area contributed by atoms with Crippen LogP contribution in [0.4, 0.5) is 0 Å². The Bertz CT molecular complexity index is 1040. The summed E-state index contributed by atoms with van der Waals surface area (Å²) >= 11 is 0. The topological polar surface area (TPSA) is 114 Å². The molecule has 158 valence electrons. The fourth-order valence-electron chi connectivity index (χ4n) is 2.76. The van der Waals surface area contributed by atoms with E-state index in [9.17, 15) is 14.4 Å². The van der Waals surface area contributed by atoms with Crippen molar-refractivity contribution in [2.45, 2.75) is 39.2 Å². The number of unbranched alkanes of at least 4 members (excludes halogenated alkanes) is 2. The lowest BCUT2D eigenvalue weighted by molar-refractivity contribution is -0.137. The minimum Gasteiger partial charge on any atom is -0.481 e. The predicted octanol–water partition coefficient (Wildman–Crippen LogP) is 4.14. The van der Waals surface area contributed by atoms with Crippen molar-refractivity contribution < 1.29 is 29.0 Å². The Labute approximate surface area is 173 Å². The van der Waals surface area contributed by atoms with Gasteiger partial charge in [-0.3, -0.25) is 14.4 Å². The number of ether oxygens (including phenoxy) is 1. The molecule has 0 atom stereocenters. The summed E-state index contributed by atoms with van der Waals surface area (Å²) in [4.78, 5) is 33.0. The molecule has 2 N–H and O–H groups in total. The van der Waals surface area contributed by atoms with Crippen LogP contribution in [0.25, 0.3) is 22.3 Å². The van der Waals surface area contributed by atoms with E-state index in [-0.39, 0.29) is 24.6 Å². The normalized spacial score (nSPS) is 10.2. The Morgan fingerprint density at radius 1 is 1.10 bits per heavy atom. The molecule has 0 radical (unpaired) electrons. The number of fused-ring (bicyclic) bond motifs is 1. The second-order valence-electron chi connectivity index (χ2n) is 6.51. The second-order valence-corrected chi connectivity index (χ2v) is 6.51. The molecule has 7 nitrogen and oxygen atoms in total. The molecule has 1 heterocycles. The number of carboxylic acid groups (broad SMARTS) is 1. The van der Waals surface area contributed by atoms with Gasteiger partial charge in [-0.15, -0.1) is 0 Å². The molecular formula is C23H24O7. The first-order valence-corrected chi connectivity index (χ1v) is 9.59. The number of carboxylic acids is 1. The van der Waals surface area contributed by atoms with Crippen LogP contribution in [0.2, 0.25) is 0 Å². The van der Waals surface area contributed by atoms with Crippen molar-refractivity contribution in [3.8, 4) is 17.1 Å². The van der Waals surface area contributed by atoms with Gasteiger partial charge in [0.05, 0.1) is 12.0 Å². The molecule has 0 aliphatic carbocycles. The van der Waals surface area contributed by atoms with Crippen molar-refractivity contribution in [1.82, 2.24) is 0 Å². The largest absolute Gasteiger partial charge is 0.481 e. The predicted molar refractivity (Wildman–Crippen MR) is 112 cm³/mol. The van der Waals surface area contributed by atoms with E-state index in [1.807, 2.05) is 0 Å². The highest BCUT2D eigenvalue weighted by Gasteiger charge is 2.17. The highest BCUT2D eigenvalue weighted by atomic mass is 16.5. The van der Waals surface area contributed by atoms with Crippen LogP contribution in [0, 0.1) is 0 Å². The number of aliphatic hydroxyl groups excluding tert-OH is 1. The number of aliphatic carboxylic acids is 1. The molecule has 0 fully saturated rings. The molecule has 30 heavy (non-hydrogen) atoms. The number of aliphatic hydroxyl groups is 1. The molecule has 0 bridgehead atoms. The standard InChI is InChI=1S/C17H12O5.C6H12O2/c18-9-11-5-7-12(8-6-11)16-17(21-10-19)15(20)13-3-1-2-4-14(13)22-16;1-2-3-4-5-6(7)8/h1-8,10,18H,9H2;2-5H2,1H3,(H,7,8). The molecule has 3 rings (SSSR count). The zero-order chi connectivity index (χ0) is 21.9. The fourth-order valence-corrected chi connectivity index (χ4v) is 2.76. The summed E-state index contributed by atoms with van der Waals surface area (Å²) in [6.45, 7) is 2.17. The van der Waals surface area contributed by atoms with Gasteiger partial charge in [-0.05, 0) is 24.1 Å². The summed E-state index contributed by atoms with van der Waals surface area (Å²) < 4.78 is 10.6. The van der Waals surface area contributed by atoms with Crippen LogP contribution in [0.1, 0.15) is 38.2 Å². The number of para-hydroxylation sites is 1. The minimum atomic E-state index is -0.682. The van der Waals surface area contributed by atoms with E-state index in [0.29, 0.717) is 23.0 Å². The summed E-state index contributed by atoms with van der Waals surface area (Å²) in [6.07, 6.45) is 3.28. The number of benzene rings is 2. The molecule has 0 aliphatic heterocycles. The van der Waals surface area contributed by atoms with Crippen LogP contribution >= 0.6 is 0 Å². The van der Waals surface area contributed by atoms with Crippen LogP contribution in [-0.2, 0) is 16.2 Å². The van der Waals surface area contributed by atoms with E-state index in [1.165, 1.54) is 0 Å². The molecule has 2 aromatic carbocycles. The zero-order valence-corrected chi connectivity index (χ0v) is 16.7. The van der Waals surface area contributed by atoms with Crippen LogP contribution in [-0.4, -0.2) is 22.7 Å². The van der Waals surface area contributed by atoms with Gasteiger partial charge in [0.1, 0.15) is 5.58 Å². The van der Waals surface area contributed by atoms with Crippen molar-refractivity contribution in [2.24, 2.45) is 0 Å². The van der Waals surface area contributed by atoms with Crippen molar-refractivity contribution in [3.63, 3.8) is 0 Å². The van der Waals surface area contributed by atoms with E-state index >= 15 is 0 Å². The van der Waals surface area contributed by atoms with Gasteiger partial charge in [0.15, 0.2) is 5.76 Å². The third-order valence-electron chi connectivity index (χ3n) is 4.32. The highest BCUT2D eigenvalue weighted by molar-refractivity contribution is 5.82. The van der Waals surface area contributed by atoms with Crippen LogP contribution in [0.5, 0.6) is 5.75 Å². The van der Waals surface area contributed by atoms with Gasteiger partial charge in [0, 0.05) is 12.0 Å². The van der Waals surface area contributed by atoms with E-state index in [4.69, 9.17) is 19.4 Å². The molecule has 0 saturated carbocycles. The van der Waals surface area contributed by atoms with Crippen molar-refractivity contribution >= 4 is 23.4 Å². The first kappa shape index (κ1) is 22.8. The molecule has 1 aromatic heterocycles. The lowest BCUT2D eigenvalue weighted by Gasteiger charge is -2.08. The second kappa shape index (κ2) is 11.5. The molecule has 3 aromatic rings. The summed E-state index contributed by atoms with van der Waals surface area (Å²) in [7, 11) is 0. The maximum atomic E-state index is 12.5. The van der Waals surface area contributed by atoms with Gasteiger partial charge in [0.25, 0.3) is 6.47 Å². The summed E-state index contributed by atoms with van der Waals surface area (Å²) in [5, 5.41) is 17.6. The lowest BCUT2D eigenvalue weighted by atomic mass is 10.1. The summed E-state index contributed by atoms with van der Waals surface area (Å²) in [5.41, 5.74) is 1.31. The summed E-state index contributed by atoms with van der Waals surface area (Å²) in [5.74, 6) is -0.649. The SMILES string of the molecule is CCCCCC(=O)O.O=COc1c(-c2ccc(CO)cc2)oc2ccccc2c1=O. The molecule has 0 saturated heterocycles. The first-order valence-electron chi connectivity index (χ1n) is 9.59. The monoisotopic (exact) mass is 412 g/mol. The third kappa shape index (κ3) is 6.02. The van der Waals surface area contributed by atoms with E-state index < -0.39 is 11.4 Å². The zero-order valence-electron chi connectivity index (χ0n) is 16.7. The smallest absolute Gasteiger partial charge is 0.303 e. The highest BCUT2D eigenvalue weighted by Crippen LogP contribution is 2.30. The van der Waals surface area contributed by atoms with Gasteiger partial charge in [-0.1, -0.05) is 56.2 Å². The fraction of sp³-hybridized carbons (Fsp3) is 0.261. The Kier molecular flexibility index (Phi) is 8.77. The maximum Gasteiger partial charge on any atom is 0.303 e. The maximum absolute atomic E-state index is 12.5. The number of carbonyl (C=O) groups is 2. The van der Waals surface area contributed by atoms with Crippen molar-refractivity contribution in [3.05, 3.63) is 64.3 Å². The number of hydrogen-bond acceptors (Lipinski definition) is 6. The number of rotatable bonds is 8. The van der Waals surface area contributed by atoms with E-state index in [0.717, 1.165) is 24.8 Å². The Morgan fingerprint density at radius 3 is 2.40 bits per heavy atom. The van der Waals surface area contributed by atoms with Crippen LogP contribution in [0.3, 0.4) is 0 Å². The molecule has 0 amide bonds.